The average molecular weight is 321 g/mol. The molecule has 0 aromatic carbocycles. The van der Waals surface area contributed by atoms with Gasteiger partial charge in [0.2, 0.25) is 0 Å². The number of sulfonamides is 1. The molecule has 4 rings (SSSR count). The Hall–Kier alpha value is -1.83. The minimum atomic E-state index is -3.61. The van der Waals surface area contributed by atoms with Gasteiger partial charge < -0.3 is 4.57 Å². The second-order valence-electron chi connectivity index (χ2n) is 5.95. The molecule has 0 aliphatic carbocycles. The van der Waals surface area contributed by atoms with Crippen LogP contribution in [0.15, 0.2) is 11.2 Å². The standard InChI is InChI=1S/C14H19N5O2S/c1-10-11-5-4-8-19(14(11)17-16-10)22(20,21)13-9-15-12-6-2-3-7-18(12)13/h9H,2-8H2,1H3,(H,16,17). The number of rotatable bonds is 2. The molecule has 22 heavy (non-hydrogen) atoms. The van der Waals surface area contributed by atoms with Crippen LogP contribution in [0.5, 0.6) is 0 Å². The molecular formula is C14H19N5O2S. The maximum Gasteiger partial charge on any atom is 0.282 e. The fourth-order valence-corrected chi connectivity index (χ4v) is 5.03. The first-order chi connectivity index (χ1) is 10.6. The molecule has 0 amide bonds. The maximum atomic E-state index is 13.1. The number of hydrogen-bond acceptors (Lipinski definition) is 4. The van der Waals surface area contributed by atoms with Crippen LogP contribution < -0.4 is 4.31 Å². The third-order valence-corrected chi connectivity index (χ3v) is 6.35. The van der Waals surface area contributed by atoms with Gasteiger partial charge in [-0.1, -0.05) is 0 Å². The minimum Gasteiger partial charge on any atom is -0.318 e. The molecule has 2 aliphatic rings. The lowest BCUT2D eigenvalue weighted by Crippen LogP contribution is -2.37. The molecule has 7 nitrogen and oxygen atoms in total. The van der Waals surface area contributed by atoms with Crippen molar-refractivity contribution in [2.45, 2.75) is 50.6 Å². The molecule has 0 unspecified atom stereocenters. The summed E-state index contributed by atoms with van der Waals surface area (Å²) in [6.45, 7) is 3.13. The van der Waals surface area contributed by atoms with Crippen LogP contribution in [0.1, 0.15) is 36.3 Å². The molecule has 2 aromatic rings. The molecular weight excluding hydrogens is 302 g/mol. The number of H-pyrrole nitrogens is 1. The van der Waals surface area contributed by atoms with Crippen LogP contribution in [0.3, 0.4) is 0 Å². The SMILES string of the molecule is Cc1[nH]nc2c1CCCN2S(=O)(=O)c1cnc2n1CCCC2. The van der Waals surface area contributed by atoms with E-state index in [0.29, 0.717) is 17.4 Å². The molecule has 0 atom stereocenters. The van der Waals surface area contributed by atoms with Crippen molar-refractivity contribution < 1.29 is 8.42 Å². The monoisotopic (exact) mass is 321 g/mol. The second-order valence-corrected chi connectivity index (χ2v) is 7.76. The Morgan fingerprint density at radius 2 is 2.05 bits per heavy atom. The van der Waals surface area contributed by atoms with Crippen LogP contribution in [0.25, 0.3) is 0 Å². The molecule has 0 bridgehead atoms. The largest absolute Gasteiger partial charge is 0.318 e. The summed E-state index contributed by atoms with van der Waals surface area (Å²) in [7, 11) is -3.61. The first kappa shape index (κ1) is 13.8. The summed E-state index contributed by atoms with van der Waals surface area (Å²) in [5, 5.41) is 7.43. The van der Waals surface area contributed by atoms with E-state index in [0.717, 1.165) is 55.7 Å². The van der Waals surface area contributed by atoms with E-state index >= 15 is 0 Å². The van der Waals surface area contributed by atoms with Gasteiger partial charge in [0, 0.05) is 30.8 Å². The molecule has 118 valence electrons. The number of hydrogen-bond donors (Lipinski definition) is 1. The predicted molar refractivity (Wildman–Crippen MR) is 81.3 cm³/mol. The van der Waals surface area contributed by atoms with Crippen LogP contribution in [-0.4, -0.2) is 34.7 Å². The summed E-state index contributed by atoms with van der Waals surface area (Å²) in [5.41, 5.74) is 1.96. The van der Waals surface area contributed by atoms with Crippen molar-refractivity contribution in [1.29, 1.82) is 0 Å². The Kier molecular flexibility index (Phi) is 3.04. The Balaban J connectivity index is 1.81. The zero-order valence-corrected chi connectivity index (χ0v) is 13.4. The number of fused-ring (bicyclic) bond motifs is 2. The summed E-state index contributed by atoms with van der Waals surface area (Å²) in [4.78, 5) is 4.31. The lowest BCUT2D eigenvalue weighted by molar-refractivity contribution is 0.486. The highest BCUT2D eigenvalue weighted by Crippen LogP contribution is 2.32. The molecule has 0 spiro atoms. The van der Waals surface area contributed by atoms with Crippen LogP contribution in [0.2, 0.25) is 0 Å². The highest BCUT2D eigenvalue weighted by atomic mass is 32.2. The maximum absolute atomic E-state index is 13.1. The van der Waals surface area contributed by atoms with Crippen molar-refractivity contribution in [3.05, 3.63) is 23.3 Å². The zero-order valence-electron chi connectivity index (χ0n) is 12.5. The van der Waals surface area contributed by atoms with Gasteiger partial charge in [-0.05, 0) is 32.6 Å². The zero-order chi connectivity index (χ0) is 15.3. The van der Waals surface area contributed by atoms with Gasteiger partial charge in [-0.25, -0.2) is 9.29 Å². The van der Waals surface area contributed by atoms with E-state index in [9.17, 15) is 8.42 Å². The van der Waals surface area contributed by atoms with Crippen molar-refractivity contribution >= 4 is 15.8 Å². The number of aryl methyl sites for hydroxylation is 2. The van der Waals surface area contributed by atoms with Gasteiger partial charge in [0.05, 0.1) is 6.20 Å². The number of imidazole rings is 1. The molecule has 0 radical (unpaired) electrons. The number of anilines is 1. The van der Waals surface area contributed by atoms with E-state index in [2.05, 4.69) is 15.2 Å². The van der Waals surface area contributed by atoms with Crippen molar-refractivity contribution in [1.82, 2.24) is 19.7 Å². The smallest absolute Gasteiger partial charge is 0.282 e. The molecule has 0 saturated carbocycles. The molecule has 1 N–H and O–H groups in total. The van der Waals surface area contributed by atoms with Gasteiger partial charge in [0.1, 0.15) is 5.82 Å². The predicted octanol–water partition coefficient (Wildman–Crippen LogP) is 1.39. The lowest BCUT2D eigenvalue weighted by atomic mass is 10.1. The third-order valence-electron chi connectivity index (χ3n) is 4.56. The van der Waals surface area contributed by atoms with Gasteiger partial charge in [0.25, 0.3) is 10.0 Å². The molecule has 8 heteroatoms. The van der Waals surface area contributed by atoms with Gasteiger partial charge >= 0.3 is 0 Å². The van der Waals surface area contributed by atoms with Gasteiger partial charge in [0.15, 0.2) is 10.8 Å². The van der Waals surface area contributed by atoms with Crippen molar-refractivity contribution in [2.75, 3.05) is 10.8 Å². The van der Waals surface area contributed by atoms with Gasteiger partial charge in [-0.15, -0.1) is 0 Å². The molecule has 4 heterocycles. The quantitative estimate of drug-likeness (QED) is 0.906. The average Bonchev–Trinajstić information content (AvgIpc) is 3.11. The van der Waals surface area contributed by atoms with E-state index in [1.165, 1.54) is 10.5 Å². The van der Waals surface area contributed by atoms with E-state index in [1.807, 2.05) is 11.5 Å². The number of nitrogens with one attached hydrogen (secondary N) is 1. The summed E-state index contributed by atoms with van der Waals surface area (Å²) in [6, 6.07) is 0. The molecule has 2 aliphatic heterocycles. The lowest BCUT2D eigenvalue weighted by Gasteiger charge is -2.27. The van der Waals surface area contributed by atoms with Crippen molar-refractivity contribution in [3.8, 4) is 0 Å². The topological polar surface area (TPSA) is 83.9 Å². The molecule has 0 saturated heterocycles. The van der Waals surface area contributed by atoms with E-state index in [1.54, 1.807) is 0 Å². The Morgan fingerprint density at radius 1 is 1.18 bits per heavy atom. The summed E-state index contributed by atoms with van der Waals surface area (Å²) in [5.74, 6) is 1.43. The number of aromatic amines is 1. The van der Waals surface area contributed by atoms with Crippen LogP contribution in [0.4, 0.5) is 5.82 Å². The molecule has 2 aromatic heterocycles. The summed E-state index contributed by atoms with van der Waals surface area (Å²) in [6.07, 6.45) is 6.11. The normalized spacial score (nSPS) is 18.1. The Labute approximate surface area is 129 Å². The van der Waals surface area contributed by atoms with E-state index in [-0.39, 0.29) is 0 Å². The number of nitrogens with zero attached hydrogens (tertiary/aromatic N) is 4. The summed E-state index contributed by atoms with van der Waals surface area (Å²) >= 11 is 0. The summed E-state index contributed by atoms with van der Waals surface area (Å²) < 4.78 is 29.5. The Bertz CT molecular complexity index is 820. The molecule has 0 fully saturated rings. The highest BCUT2D eigenvalue weighted by Gasteiger charge is 2.35. The van der Waals surface area contributed by atoms with Crippen LogP contribution >= 0.6 is 0 Å². The van der Waals surface area contributed by atoms with Crippen molar-refractivity contribution in [2.24, 2.45) is 0 Å². The van der Waals surface area contributed by atoms with Gasteiger partial charge in [-0.2, -0.15) is 13.5 Å². The van der Waals surface area contributed by atoms with E-state index < -0.39 is 10.0 Å². The van der Waals surface area contributed by atoms with E-state index in [4.69, 9.17) is 0 Å². The van der Waals surface area contributed by atoms with Gasteiger partial charge in [-0.3, -0.25) is 5.10 Å². The first-order valence-corrected chi connectivity index (χ1v) is 9.14. The first-order valence-electron chi connectivity index (χ1n) is 7.70. The number of aromatic nitrogens is 4. The van der Waals surface area contributed by atoms with Crippen LogP contribution in [0, 0.1) is 6.92 Å². The fraction of sp³-hybridized carbons (Fsp3) is 0.571. The minimum absolute atomic E-state index is 0.302. The second kappa shape index (κ2) is 4.84. The fourth-order valence-electron chi connectivity index (χ4n) is 3.39. The third kappa shape index (κ3) is 1.89. The van der Waals surface area contributed by atoms with Crippen molar-refractivity contribution in [3.63, 3.8) is 0 Å². The van der Waals surface area contributed by atoms with Crippen LogP contribution in [-0.2, 0) is 29.4 Å². The highest BCUT2D eigenvalue weighted by molar-refractivity contribution is 7.92. The Morgan fingerprint density at radius 3 is 2.91 bits per heavy atom.